The van der Waals surface area contributed by atoms with Gasteiger partial charge in [0.15, 0.2) is 27.3 Å². The molecule has 0 aromatic heterocycles. The number of sulfone groups is 1. The second kappa shape index (κ2) is 12.7. The van der Waals surface area contributed by atoms with Crippen LogP contribution in [-0.2, 0) is 16.4 Å². The number of para-hydroxylation sites is 2. The average molecular weight is 561 g/mol. The van der Waals surface area contributed by atoms with E-state index >= 15 is 0 Å². The zero-order chi connectivity index (χ0) is 22.1. The molecule has 0 amide bonds. The second-order valence-corrected chi connectivity index (χ2v) is 9.01. The number of halogens is 1. The highest BCUT2D eigenvalue weighted by Crippen LogP contribution is 2.26. The van der Waals surface area contributed by atoms with E-state index < -0.39 is 9.84 Å². The summed E-state index contributed by atoms with van der Waals surface area (Å²) in [5.41, 5.74) is 1.66. The Labute approximate surface area is 202 Å². The molecule has 31 heavy (non-hydrogen) atoms. The molecule has 1 atom stereocenters. The SMILES string of the molecule is CCNC(=NCc1ccc(S(C)(=O)=O)c(C)c1)NCC(C)Oc1ccccc1OC.I. The first kappa shape index (κ1) is 27.0. The number of nitrogens with zero attached hydrogens (tertiary/aromatic N) is 1. The van der Waals surface area contributed by atoms with E-state index in [4.69, 9.17) is 9.47 Å². The monoisotopic (exact) mass is 561 g/mol. The predicted octanol–water partition coefficient (Wildman–Crippen LogP) is 3.55. The van der Waals surface area contributed by atoms with E-state index in [0.717, 1.165) is 17.7 Å². The topological polar surface area (TPSA) is 89.0 Å². The fourth-order valence-corrected chi connectivity index (χ4v) is 3.91. The van der Waals surface area contributed by atoms with E-state index in [1.54, 1.807) is 26.2 Å². The fraction of sp³-hybridized carbons (Fsp3) is 0.409. The van der Waals surface area contributed by atoms with Gasteiger partial charge in [-0.25, -0.2) is 13.4 Å². The molecule has 1 unspecified atom stereocenters. The molecule has 2 N–H and O–H groups in total. The number of hydrogen-bond donors (Lipinski definition) is 2. The quantitative estimate of drug-likeness (QED) is 0.277. The van der Waals surface area contributed by atoms with Crippen LogP contribution in [0.2, 0.25) is 0 Å². The molecule has 7 nitrogen and oxygen atoms in total. The smallest absolute Gasteiger partial charge is 0.191 e. The van der Waals surface area contributed by atoms with Crippen LogP contribution in [0.3, 0.4) is 0 Å². The van der Waals surface area contributed by atoms with Gasteiger partial charge < -0.3 is 20.1 Å². The Morgan fingerprint density at radius 1 is 1.13 bits per heavy atom. The molecule has 0 bridgehead atoms. The number of guanidine groups is 1. The largest absolute Gasteiger partial charge is 0.493 e. The Hall–Kier alpha value is -2.01. The van der Waals surface area contributed by atoms with Gasteiger partial charge in [-0.15, -0.1) is 24.0 Å². The maximum atomic E-state index is 11.8. The molecule has 0 saturated heterocycles. The zero-order valence-electron chi connectivity index (χ0n) is 18.6. The summed E-state index contributed by atoms with van der Waals surface area (Å²) in [7, 11) is -1.61. The molecule has 0 radical (unpaired) electrons. The van der Waals surface area contributed by atoms with Crippen molar-refractivity contribution in [2.24, 2.45) is 4.99 Å². The van der Waals surface area contributed by atoms with Crippen molar-refractivity contribution < 1.29 is 17.9 Å². The summed E-state index contributed by atoms with van der Waals surface area (Å²) in [5.74, 6) is 2.05. The molecule has 2 aromatic carbocycles. The minimum atomic E-state index is -3.22. The van der Waals surface area contributed by atoms with Crippen molar-refractivity contribution in [1.82, 2.24) is 10.6 Å². The van der Waals surface area contributed by atoms with E-state index in [-0.39, 0.29) is 30.1 Å². The molecule has 0 spiro atoms. The third-order valence-corrected chi connectivity index (χ3v) is 5.61. The second-order valence-electron chi connectivity index (χ2n) is 7.03. The molecular formula is C22H32IN3O4S. The van der Waals surface area contributed by atoms with E-state index in [9.17, 15) is 8.42 Å². The van der Waals surface area contributed by atoms with E-state index in [1.165, 1.54) is 6.26 Å². The van der Waals surface area contributed by atoms with Crippen LogP contribution >= 0.6 is 24.0 Å². The van der Waals surface area contributed by atoms with Gasteiger partial charge in [-0.2, -0.15) is 0 Å². The molecule has 172 valence electrons. The Morgan fingerprint density at radius 3 is 2.39 bits per heavy atom. The number of benzene rings is 2. The first-order valence-corrected chi connectivity index (χ1v) is 11.7. The number of rotatable bonds is 9. The molecule has 9 heteroatoms. The number of aryl methyl sites for hydroxylation is 1. The summed E-state index contributed by atoms with van der Waals surface area (Å²) in [6, 6.07) is 12.8. The first-order valence-electron chi connectivity index (χ1n) is 9.86. The third kappa shape index (κ3) is 8.56. The van der Waals surface area contributed by atoms with Gasteiger partial charge in [0, 0.05) is 12.8 Å². The fourth-order valence-electron chi connectivity index (χ4n) is 2.95. The summed E-state index contributed by atoms with van der Waals surface area (Å²) < 4.78 is 34.8. The maximum absolute atomic E-state index is 11.8. The average Bonchev–Trinajstić information content (AvgIpc) is 2.69. The summed E-state index contributed by atoms with van der Waals surface area (Å²) >= 11 is 0. The summed E-state index contributed by atoms with van der Waals surface area (Å²) in [5, 5.41) is 6.48. The van der Waals surface area contributed by atoms with Crippen LogP contribution in [0.25, 0.3) is 0 Å². The Balaban J connectivity index is 0.00000480. The number of hydrogen-bond acceptors (Lipinski definition) is 5. The van der Waals surface area contributed by atoms with Crippen molar-refractivity contribution in [2.45, 2.75) is 38.3 Å². The molecule has 2 rings (SSSR count). The minimum Gasteiger partial charge on any atom is -0.493 e. The maximum Gasteiger partial charge on any atom is 0.191 e. The van der Waals surface area contributed by atoms with E-state index in [0.29, 0.717) is 35.4 Å². The van der Waals surface area contributed by atoms with Crippen LogP contribution in [0.4, 0.5) is 0 Å². The van der Waals surface area contributed by atoms with Crippen LogP contribution in [0.15, 0.2) is 52.4 Å². The minimum absolute atomic E-state index is 0. The number of nitrogens with one attached hydrogen (secondary N) is 2. The molecule has 0 heterocycles. The van der Waals surface area contributed by atoms with Gasteiger partial charge >= 0.3 is 0 Å². The van der Waals surface area contributed by atoms with Gasteiger partial charge in [0.2, 0.25) is 0 Å². The molecule has 0 aliphatic rings. The van der Waals surface area contributed by atoms with Crippen molar-refractivity contribution in [3.8, 4) is 11.5 Å². The highest BCUT2D eigenvalue weighted by molar-refractivity contribution is 14.0. The van der Waals surface area contributed by atoms with Crippen molar-refractivity contribution in [1.29, 1.82) is 0 Å². The van der Waals surface area contributed by atoms with Crippen LogP contribution in [-0.4, -0.2) is 46.9 Å². The van der Waals surface area contributed by atoms with Crippen LogP contribution in [0.5, 0.6) is 11.5 Å². The standard InChI is InChI=1S/C22H31N3O4S.HI/c1-6-23-22(24-14-17(3)29-20-10-8-7-9-19(20)28-4)25-15-18-11-12-21(16(2)13-18)30(5,26)27;/h7-13,17H,6,14-15H2,1-5H3,(H2,23,24,25);1H. The number of aliphatic imine (C=N–C) groups is 1. The van der Waals surface area contributed by atoms with Gasteiger partial charge in [-0.05, 0) is 50.1 Å². The van der Waals surface area contributed by atoms with Crippen LogP contribution < -0.4 is 20.1 Å². The van der Waals surface area contributed by atoms with Gasteiger partial charge in [0.05, 0.1) is 25.1 Å². The van der Waals surface area contributed by atoms with Gasteiger partial charge in [0.1, 0.15) is 6.10 Å². The predicted molar refractivity (Wildman–Crippen MR) is 136 cm³/mol. The van der Waals surface area contributed by atoms with Crippen molar-refractivity contribution in [3.63, 3.8) is 0 Å². The lowest BCUT2D eigenvalue weighted by Crippen LogP contribution is -2.41. The van der Waals surface area contributed by atoms with Gasteiger partial charge in [-0.1, -0.05) is 24.3 Å². The molecular weight excluding hydrogens is 529 g/mol. The lowest BCUT2D eigenvalue weighted by atomic mass is 10.1. The Morgan fingerprint density at radius 2 is 1.81 bits per heavy atom. The van der Waals surface area contributed by atoms with Gasteiger partial charge in [0.25, 0.3) is 0 Å². The highest BCUT2D eigenvalue weighted by Gasteiger charge is 2.11. The normalized spacial score (nSPS) is 12.5. The van der Waals surface area contributed by atoms with Gasteiger partial charge in [-0.3, -0.25) is 0 Å². The van der Waals surface area contributed by atoms with Crippen LogP contribution in [0.1, 0.15) is 25.0 Å². The zero-order valence-corrected chi connectivity index (χ0v) is 21.8. The number of methoxy groups -OCH3 is 1. The summed E-state index contributed by atoms with van der Waals surface area (Å²) in [4.78, 5) is 4.94. The van der Waals surface area contributed by atoms with E-state index in [1.807, 2.05) is 44.2 Å². The third-order valence-electron chi connectivity index (χ3n) is 4.36. The molecule has 0 aliphatic heterocycles. The van der Waals surface area contributed by atoms with Crippen molar-refractivity contribution in [2.75, 3.05) is 26.5 Å². The molecule has 0 saturated carbocycles. The Kier molecular flexibility index (Phi) is 11.1. The molecule has 0 aliphatic carbocycles. The molecule has 0 fully saturated rings. The molecule has 2 aromatic rings. The lowest BCUT2D eigenvalue weighted by molar-refractivity contribution is 0.213. The summed E-state index contributed by atoms with van der Waals surface area (Å²) in [6.07, 6.45) is 1.11. The lowest BCUT2D eigenvalue weighted by Gasteiger charge is -2.19. The van der Waals surface area contributed by atoms with Crippen LogP contribution in [0, 0.1) is 6.92 Å². The highest BCUT2D eigenvalue weighted by atomic mass is 127. The number of ether oxygens (including phenoxy) is 2. The van der Waals surface area contributed by atoms with Crippen molar-refractivity contribution >= 4 is 39.8 Å². The first-order chi connectivity index (χ1) is 14.2. The van der Waals surface area contributed by atoms with E-state index in [2.05, 4.69) is 15.6 Å². The Bertz CT molecular complexity index is 980. The van der Waals surface area contributed by atoms with Crippen molar-refractivity contribution in [3.05, 3.63) is 53.6 Å². The summed E-state index contributed by atoms with van der Waals surface area (Å²) in [6.45, 7) is 7.47.